The number of methoxy groups -OCH3 is 1. The van der Waals surface area contributed by atoms with E-state index >= 15 is 0 Å². The highest BCUT2D eigenvalue weighted by Crippen LogP contribution is 2.50. The summed E-state index contributed by atoms with van der Waals surface area (Å²) in [5.41, 5.74) is 2.72. The molecule has 4 rings (SSSR count). The van der Waals surface area contributed by atoms with Crippen LogP contribution in [0.4, 0.5) is 0 Å². The quantitative estimate of drug-likeness (QED) is 0.939. The van der Waals surface area contributed by atoms with Gasteiger partial charge in [0.15, 0.2) is 0 Å². The Morgan fingerprint density at radius 2 is 1.96 bits per heavy atom. The van der Waals surface area contributed by atoms with E-state index in [1.165, 1.54) is 0 Å². The van der Waals surface area contributed by atoms with E-state index in [0.717, 1.165) is 41.7 Å². The Kier molecular flexibility index (Phi) is 3.44. The number of hydrogen-bond donors (Lipinski definition) is 1. The number of nitrogens with one attached hydrogen (secondary N) is 1. The van der Waals surface area contributed by atoms with E-state index in [1.54, 1.807) is 19.4 Å². The minimum atomic E-state index is -0.369. The molecule has 0 spiro atoms. The van der Waals surface area contributed by atoms with E-state index in [1.807, 2.05) is 29.2 Å². The van der Waals surface area contributed by atoms with Gasteiger partial charge in [-0.2, -0.15) is 0 Å². The number of pyridine rings is 1. The zero-order chi connectivity index (χ0) is 16.7. The normalized spacial score (nSPS) is 18.0. The third-order valence-corrected chi connectivity index (χ3v) is 5.21. The molecule has 24 heavy (non-hydrogen) atoms. The molecule has 1 N–H and O–H groups in total. The number of ether oxygens (including phenoxy) is 1. The van der Waals surface area contributed by atoms with Gasteiger partial charge >= 0.3 is 0 Å². The third-order valence-electron chi connectivity index (χ3n) is 5.21. The fourth-order valence-corrected chi connectivity index (χ4v) is 3.60. The van der Waals surface area contributed by atoms with Gasteiger partial charge in [0.2, 0.25) is 11.5 Å². The van der Waals surface area contributed by atoms with Gasteiger partial charge in [-0.25, -0.2) is 0 Å². The van der Waals surface area contributed by atoms with Crippen molar-refractivity contribution in [2.45, 2.75) is 31.2 Å². The van der Waals surface area contributed by atoms with Gasteiger partial charge in [0.25, 0.3) is 0 Å². The molecule has 1 saturated carbocycles. The SMILES string of the molecule is COc1ccc(C2(C(=O)N3CCc4cc(=O)[nH]cc4C3)CC2)cc1. The minimum absolute atomic E-state index is 0.0783. The fraction of sp³-hybridized carbons (Fsp3) is 0.368. The number of amides is 1. The molecule has 1 aromatic heterocycles. The van der Waals surface area contributed by atoms with Gasteiger partial charge in [0, 0.05) is 25.4 Å². The molecule has 0 radical (unpaired) electrons. The number of hydrogen-bond acceptors (Lipinski definition) is 3. The predicted octanol–water partition coefficient (Wildman–Crippen LogP) is 2.00. The van der Waals surface area contributed by atoms with Crippen LogP contribution in [0.3, 0.4) is 0 Å². The monoisotopic (exact) mass is 324 g/mol. The molecule has 0 unspecified atom stereocenters. The van der Waals surface area contributed by atoms with Crippen LogP contribution in [0, 0.1) is 0 Å². The van der Waals surface area contributed by atoms with Crippen molar-refractivity contribution in [1.82, 2.24) is 9.88 Å². The molecule has 5 nitrogen and oxygen atoms in total. The second-order valence-electron chi connectivity index (χ2n) is 6.64. The van der Waals surface area contributed by atoms with Crippen molar-refractivity contribution >= 4 is 5.91 Å². The Hall–Kier alpha value is -2.56. The lowest BCUT2D eigenvalue weighted by Gasteiger charge is -2.32. The van der Waals surface area contributed by atoms with Crippen LogP contribution in [0.2, 0.25) is 0 Å². The average molecular weight is 324 g/mol. The Morgan fingerprint density at radius 1 is 1.21 bits per heavy atom. The molecule has 0 saturated heterocycles. The molecule has 0 bridgehead atoms. The first-order valence-electron chi connectivity index (χ1n) is 8.27. The summed E-state index contributed by atoms with van der Waals surface area (Å²) in [6.45, 7) is 1.25. The lowest BCUT2D eigenvalue weighted by molar-refractivity contribution is -0.134. The second kappa shape index (κ2) is 5.51. The van der Waals surface area contributed by atoms with E-state index in [4.69, 9.17) is 4.74 Å². The third kappa shape index (κ3) is 2.40. The number of rotatable bonds is 3. The summed E-state index contributed by atoms with van der Waals surface area (Å²) in [7, 11) is 1.64. The van der Waals surface area contributed by atoms with Crippen molar-refractivity contribution in [3.05, 3.63) is 63.6 Å². The molecule has 0 atom stereocenters. The van der Waals surface area contributed by atoms with Crippen LogP contribution < -0.4 is 10.3 Å². The largest absolute Gasteiger partial charge is 0.497 e. The topological polar surface area (TPSA) is 62.4 Å². The van der Waals surface area contributed by atoms with Crippen LogP contribution in [-0.2, 0) is 23.2 Å². The standard InChI is InChI=1S/C19H20N2O3/c1-24-16-4-2-15(3-5-16)19(7-8-19)18(23)21-9-6-13-10-17(22)20-11-14(13)12-21/h2-5,10-11H,6-9,12H2,1H3,(H,20,22). The highest BCUT2D eigenvalue weighted by Gasteiger charge is 2.53. The zero-order valence-corrected chi connectivity index (χ0v) is 13.7. The van der Waals surface area contributed by atoms with Crippen molar-refractivity contribution in [1.29, 1.82) is 0 Å². The number of benzene rings is 1. The molecule has 1 aliphatic carbocycles. The summed E-state index contributed by atoms with van der Waals surface area (Å²) in [6.07, 6.45) is 4.27. The summed E-state index contributed by atoms with van der Waals surface area (Å²) < 4.78 is 5.20. The van der Waals surface area contributed by atoms with Crippen molar-refractivity contribution in [2.75, 3.05) is 13.7 Å². The van der Waals surface area contributed by atoms with Gasteiger partial charge in [0.1, 0.15) is 5.75 Å². The highest BCUT2D eigenvalue weighted by atomic mass is 16.5. The smallest absolute Gasteiger partial charge is 0.248 e. The maximum absolute atomic E-state index is 13.1. The van der Waals surface area contributed by atoms with E-state index in [0.29, 0.717) is 13.1 Å². The van der Waals surface area contributed by atoms with Crippen LogP contribution in [0.25, 0.3) is 0 Å². The van der Waals surface area contributed by atoms with Crippen LogP contribution in [-0.4, -0.2) is 29.4 Å². The zero-order valence-electron chi connectivity index (χ0n) is 13.7. The molecule has 124 valence electrons. The summed E-state index contributed by atoms with van der Waals surface area (Å²) >= 11 is 0. The Labute approximate surface area is 140 Å². The number of aromatic amines is 1. The van der Waals surface area contributed by atoms with Crippen molar-refractivity contribution < 1.29 is 9.53 Å². The second-order valence-corrected chi connectivity index (χ2v) is 6.64. The van der Waals surface area contributed by atoms with Gasteiger partial charge in [-0.15, -0.1) is 0 Å². The molecule has 5 heteroatoms. The molecule has 2 aromatic rings. The van der Waals surface area contributed by atoms with Crippen LogP contribution in [0.1, 0.15) is 29.5 Å². The Morgan fingerprint density at radius 3 is 2.62 bits per heavy atom. The van der Waals surface area contributed by atoms with Gasteiger partial charge in [-0.05, 0) is 48.1 Å². The summed E-state index contributed by atoms with van der Waals surface area (Å²) in [4.78, 5) is 29.2. The lowest BCUT2D eigenvalue weighted by Crippen LogP contribution is -2.42. The molecular weight excluding hydrogens is 304 g/mol. The van der Waals surface area contributed by atoms with E-state index in [-0.39, 0.29) is 16.9 Å². The number of fused-ring (bicyclic) bond motifs is 1. The summed E-state index contributed by atoms with van der Waals surface area (Å²) in [6, 6.07) is 9.48. The molecule has 1 aliphatic heterocycles. The van der Waals surface area contributed by atoms with Crippen molar-refractivity contribution in [3.8, 4) is 5.75 Å². The number of carbonyl (C=O) groups is 1. The first kappa shape index (κ1) is 15.0. The van der Waals surface area contributed by atoms with Gasteiger partial charge in [0.05, 0.1) is 12.5 Å². The van der Waals surface area contributed by atoms with E-state index in [9.17, 15) is 9.59 Å². The number of aromatic nitrogens is 1. The first-order valence-corrected chi connectivity index (χ1v) is 8.27. The first-order chi connectivity index (χ1) is 11.6. The number of H-pyrrole nitrogens is 1. The number of nitrogens with zero attached hydrogens (tertiary/aromatic N) is 1. The average Bonchev–Trinajstić information content (AvgIpc) is 3.42. The van der Waals surface area contributed by atoms with Gasteiger partial charge < -0.3 is 14.6 Å². The molecule has 1 aromatic carbocycles. The summed E-state index contributed by atoms with van der Waals surface area (Å²) in [5.74, 6) is 1.00. The van der Waals surface area contributed by atoms with Gasteiger partial charge in [-0.3, -0.25) is 9.59 Å². The summed E-state index contributed by atoms with van der Waals surface area (Å²) in [5, 5.41) is 0. The molecular formula is C19H20N2O3. The van der Waals surface area contributed by atoms with E-state index in [2.05, 4.69) is 4.98 Å². The van der Waals surface area contributed by atoms with Crippen LogP contribution in [0.5, 0.6) is 5.75 Å². The highest BCUT2D eigenvalue weighted by molar-refractivity contribution is 5.91. The van der Waals surface area contributed by atoms with Crippen molar-refractivity contribution in [3.63, 3.8) is 0 Å². The van der Waals surface area contributed by atoms with Crippen LogP contribution >= 0.6 is 0 Å². The molecule has 1 fully saturated rings. The maximum atomic E-state index is 13.1. The van der Waals surface area contributed by atoms with Crippen LogP contribution in [0.15, 0.2) is 41.3 Å². The fourth-order valence-electron chi connectivity index (χ4n) is 3.60. The maximum Gasteiger partial charge on any atom is 0.248 e. The molecule has 2 heterocycles. The van der Waals surface area contributed by atoms with Gasteiger partial charge in [-0.1, -0.05) is 12.1 Å². The number of carbonyl (C=O) groups excluding carboxylic acids is 1. The Balaban J connectivity index is 1.57. The molecule has 2 aliphatic rings. The predicted molar refractivity (Wildman–Crippen MR) is 90.1 cm³/mol. The minimum Gasteiger partial charge on any atom is -0.497 e. The molecule has 1 amide bonds. The Bertz CT molecular complexity index is 834. The van der Waals surface area contributed by atoms with E-state index < -0.39 is 0 Å². The van der Waals surface area contributed by atoms with Crippen molar-refractivity contribution in [2.24, 2.45) is 0 Å². The lowest BCUT2D eigenvalue weighted by atomic mass is 9.92.